The molecule has 2 rings (SSSR count). The summed E-state index contributed by atoms with van der Waals surface area (Å²) >= 11 is 0. The maximum atomic E-state index is 12.2. The standard InChI is InChI=1S/C19H27N3O5/c1-19(2,3)27-18(25)22-11-9-21(10-12-22)16(23)13-20-17(24)26-14-15-7-5-4-6-8-15/h4-8H,9-14H2,1-3H3,(H,20,24). The molecule has 0 aromatic heterocycles. The highest BCUT2D eigenvalue weighted by Crippen LogP contribution is 2.12. The maximum Gasteiger partial charge on any atom is 0.410 e. The van der Waals surface area contributed by atoms with Crippen molar-refractivity contribution in [3.63, 3.8) is 0 Å². The van der Waals surface area contributed by atoms with Crippen LogP contribution in [0.3, 0.4) is 0 Å². The van der Waals surface area contributed by atoms with E-state index >= 15 is 0 Å². The highest BCUT2D eigenvalue weighted by atomic mass is 16.6. The van der Waals surface area contributed by atoms with Crippen LogP contribution in [0.5, 0.6) is 0 Å². The summed E-state index contributed by atoms with van der Waals surface area (Å²) in [5.74, 6) is -0.213. The van der Waals surface area contributed by atoms with E-state index in [1.165, 1.54) is 0 Å². The molecule has 1 aromatic rings. The summed E-state index contributed by atoms with van der Waals surface area (Å²) in [5, 5.41) is 2.46. The predicted molar refractivity (Wildman–Crippen MR) is 99.0 cm³/mol. The minimum atomic E-state index is -0.639. The van der Waals surface area contributed by atoms with E-state index in [1.54, 1.807) is 9.80 Å². The number of rotatable bonds is 4. The SMILES string of the molecule is CC(C)(C)OC(=O)N1CCN(C(=O)CNC(=O)OCc2ccccc2)CC1. The second kappa shape index (κ2) is 9.25. The van der Waals surface area contributed by atoms with E-state index < -0.39 is 11.7 Å². The van der Waals surface area contributed by atoms with Crippen LogP contribution in [-0.4, -0.2) is 66.2 Å². The molecule has 0 radical (unpaired) electrons. The van der Waals surface area contributed by atoms with Crippen LogP contribution in [0.4, 0.5) is 9.59 Å². The van der Waals surface area contributed by atoms with E-state index in [0.717, 1.165) is 5.56 Å². The lowest BCUT2D eigenvalue weighted by molar-refractivity contribution is -0.131. The zero-order chi connectivity index (χ0) is 19.9. The van der Waals surface area contributed by atoms with Crippen molar-refractivity contribution >= 4 is 18.1 Å². The van der Waals surface area contributed by atoms with E-state index in [9.17, 15) is 14.4 Å². The van der Waals surface area contributed by atoms with Crippen molar-refractivity contribution in [3.05, 3.63) is 35.9 Å². The zero-order valence-electron chi connectivity index (χ0n) is 16.1. The quantitative estimate of drug-likeness (QED) is 0.867. The van der Waals surface area contributed by atoms with Gasteiger partial charge in [-0.3, -0.25) is 4.79 Å². The molecule has 27 heavy (non-hydrogen) atoms. The van der Waals surface area contributed by atoms with Crippen molar-refractivity contribution in [3.8, 4) is 0 Å². The minimum absolute atomic E-state index is 0.139. The Balaban J connectivity index is 1.67. The fourth-order valence-corrected chi connectivity index (χ4v) is 2.50. The number of piperazine rings is 1. The number of ether oxygens (including phenoxy) is 2. The number of amides is 3. The van der Waals surface area contributed by atoms with Crippen LogP contribution in [0, 0.1) is 0 Å². The second-order valence-electron chi connectivity index (χ2n) is 7.26. The molecule has 0 saturated carbocycles. The number of nitrogens with zero attached hydrogens (tertiary/aromatic N) is 2. The molecule has 0 atom stereocenters. The van der Waals surface area contributed by atoms with Gasteiger partial charge >= 0.3 is 12.2 Å². The number of hydrogen-bond acceptors (Lipinski definition) is 5. The summed E-state index contributed by atoms with van der Waals surface area (Å²) in [4.78, 5) is 39.1. The molecule has 1 aliphatic rings. The molecular formula is C19H27N3O5. The number of benzene rings is 1. The lowest BCUT2D eigenvalue weighted by Gasteiger charge is -2.35. The summed E-state index contributed by atoms with van der Waals surface area (Å²) in [6, 6.07) is 9.30. The molecule has 0 bridgehead atoms. The topological polar surface area (TPSA) is 88.2 Å². The molecule has 1 saturated heterocycles. The first-order valence-corrected chi connectivity index (χ1v) is 8.95. The molecule has 0 aliphatic carbocycles. The molecule has 8 nitrogen and oxygen atoms in total. The molecular weight excluding hydrogens is 350 g/mol. The average Bonchev–Trinajstić information content (AvgIpc) is 2.64. The lowest BCUT2D eigenvalue weighted by atomic mass is 10.2. The van der Waals surface area contributed by atoms with Crippen molar-refractivity contribution in [2.45, 2.75) is 33.0 Å². The van der Waals surface area contributed by atoms with Crippen molar-refractivity contribution in [2.75, 3.05) is 32.7 Å². The van der Waals surface area contributed by atoms with Crippen LogP contribution in [0.15, 0.2) is 30.3 Å². The first-order valence-electron chi connectivity index (χ1n) is 8.95. The first-order chi connectivity index (χ1) is 12.7. The minimum Gasteiger partial charge on any atom is -0.445 e. The van der Waals surface area contributed by atoms with Gasteiger partial charge in [-0.1, -0.05) is 30.3 Å². The summed E-state index contributed by atoms with van der Waals surface area (Å²) in [6.45, 7) is 7.05. The number of carbonyl (C=O) groups excluding carboxylic acids is 3. The number of hydrogen-bond donors (Lipinski definition) is 1. The van der Waals surface area contributed by atoms with E-state index in [0.29, 0.717) is 26.2 Å². The summed E-state index contributed by atoms with van der Waals surface area (Å²) in [5.41, 5.74) is 0.325. The number of nitrogens with one attached hydrogen (secondary N) is 1. The molecule has 1 fully saturated rings. The van der Waals surface area contributed by atoms with Gasteiger partial charge in [0.15, 0.2) is 0 Å². The van der Waals surface area contributed by atoms with E-state index in [2.05, 4.69) is 5.32 Å². The third-order valence-electron chi connectivity index (χ3n) is 3.88. The van der Waals surface area contributed by atoms with Crippen LogP contribution in [0.25, 0.3) is 0 Å². The monoisotopic (exact) mass is 377 g/mol. The molecule has 1 aliphatic heterocycles. The van der Waals surface area contributed by atoms with Gasteiger partial charge in [-0.15, -0.1) is 0 Å². The third-order valence-corrected chi connectivity index (χ3v) is 3.88. The van der Waals surface area contributed by atoms with Crippen LogP contribution in [0.1, 0.15) is 26.3 Å². The Morgan fingerprint density at radius 1 is 1.00 bits per heavy atom. The normalized spacial score (nSPS) is 14.5. The van der Waals surface area contributed by atoms with E-state index in [-0.39, 0.29) is 25.2 Å². The molecule has 3 amide bonds. The van der Waals surface area contributed by atoms with Gasteiger partial charge in [0.2, 0.25) is 5.91 Å². The zero-order valence-corrected chi connectivity index (χ0v) is 16.1. The van der Waals surface area contributed by atoms with Gasteiger partial charge in [0.05, 0.1) is 0 Å². The molecule has 0 spiro atoms. The van der Waals surface area contributed by atoms with Gasteiger partial charge in [-0.05, 0) is 26.3 Å². The fourth-order valence-electron chi connectivity index (χ4n) is 2.50. The van der Waals surface area contributed by atoms with E-state index in [1.807, 2.05) is 51.1 Å². The second-order valence-corrected chi connectivity index (χ2v) is 7.26. The molecule has 0 unspecified atom stereocenters. The Hall–Kier alpha value is -2.77. The van der Waals surface area contributed by atoms with Crippen molar-refractivity contribution in [1.29, 1.82) is 0 Å². The van der Waals surface area contributed by atoms with Gasteiger partial charge in [0.25, 0.3) is 0 Å². The van der Waals surface area contributed by atoms with Crippen molar-refractivity contribution in [2.24, 2.45) is 0 Å². The highest BCUT2D eigenvalue weighted by Gasteiger charge is 2.27. The Labute approximate surface area is 159 Å². The maximum absolute atomic E-state index is 12.2. The predicted octanol–water partition coefficient (Wildman–Crippen LogP) is 1.99. The molecule has 1 N–H and O–H groups in total. The Morgan fingerprint density at radius 3 is 2.19 bits per heavy atom. The average molecular weight is 377 g/mol. The largest absolute Gasteiger partial charge is 0.445 e. The Bertz CT molecular complexity index is 649. The molecule has 148 valence electrons. The van der Waals surface area contributed by atoms with Gasteiger partial charge in [0, 0.05) is 26.2 Å². The summed E-state index contributed by atoms with van der Waals surface area (Å²) < 4.78 is 10.4. The Morgan fingerprint density at radius 2 is 1.59 bits per heavy atom. The van der Waals surface area contributed by atoms with Crippen LogP contribution >= 0.6 is 0 Å². The third kappa shape index (κ3) is 7.16. The van der Waals surface area contributed by atoms with Crippen LogP contribution in [0.2, 0.25) is 0 Å². The van der Waals surface area contributed by atoms with Crippen LogP contribution < -0.4 is 5.32 Å². The number of carbonyl (C=O) groups is 3. The van der Waals surface area contributed by atoms with Gasteiger partial charge in [-0.2, -0.15) is 0 Å². The first kappa shape index (κ1) is 20.5. The number of alkyl carbamates (subject to hydrolysis) is 1. The molecule has 1 aromatic carbocycles. The molecule has 8 heteroatoms. The Kier molecular flexibility index (Phi) is 7.04. The van der Waals surface area contributed by atoms with Crippen molar-refractivity contribution in [1.82, 2.24) is 15.1 Å². The van der Waals surface area contributed by atoms with Gasteiger partial charge in [0.1, 0.15) is 18.8 Å². The van der Waals surface area contributed by atoms with E-state index in [4.69, 9.17) is 9.47 Å². The van der Waals surface area contributed by atoms with Crippen LogP contribution in [-0.2, 0) is 20.9 Å². The summed E-state index contributed by atoms with van der Waals surface area (Å²) in [6.07, 6.45) is -1.02. The van der Waals surface area contributed by atoms with Crippen molar-refractivity contribution < 1.29 is 23.9 Å². The smallest absolute Gasteiger partial charge is 0.410 e. The fraction of sp³-hybridized carbons (Fsp3) is 0.526. The lowest BCUT2D eigenvalue weighted by Crippen LogP contribution is -2.53. The summed E-state index contributed by atoms with van der Waals surface area (Å²) in [7, 11) is 0. The highest BCUT2D eigenvalue weighted by molar-refractivity contribution is 5.82. The van der Waals surface area contributed by atoms with Gasteiger partial charge in [-0.25, -0.2) is 9.59 Å². The molecule has 1 heterocycles. The van der Waals surface area contributed by atoms with Gasteiger partial charge < -0.3 is 24.6 Å².